The summed E-state index contributed by atoms with van der Waals surface area (Å²) in [6, 6.07) is 6.08. The second kappa shape index (κ2) is 4.82. The third-order valence-corrected chi connectivity index (χ3v) is 3.83. The van der Waals surface area contributed by atoms with Gasteiger partial charge in [0.25, 0.3) is 0 Å². The van der Waals surface area contributed by atoms with Crippen molar-refractivity contribution in [2.24, 2.45) is 0 Å². The zero-order valence-electron chi connectivity index (χ0n) is 8.17. The lowest BCUT2D eigenvalue weighted by Crippen LogP contribution is -2.35. The molecule has 0 bridgehead atoms. The highest BCUT2D eigenvalue weighted by molar-refractivity contribution is 14.1. The van der Waals surface area contributed by atoms with Crippen LogP contribution in [-0.2, 0) is 4.79 Å². The molecule has 0 unspecified atom stereocenters. The minimum atomic E-state index is 0.239. The number of benzene rings is 1. The largest absolute Gasteiger partial charge is 0.311 e. The molecule has 1 amide bonds. The van der Waals surface area contributed by atoms with Gasteiger partial charge in [0.05, 0.1) is 5.69 Å². The summed E-state index contributed by atoms with van der Waals surface area (Å²) in [7, 11) is 0. The summed E-state index contributed by atoms with van der Waals surface area (Å²) in [5, 5.41) is 0. The highest BCUT2D eigenvalue weighted by Gasteiger charge is 2.21. The molecule has 0 radical (unpaired) electrons. The molecule has 1 saturated heterocycles. The van der Waals surface area contributed by atoms with Crippen molar-refractivity contribution < 1.29 is 4.79 Å². The van der Waals surface area contributed by atoms with Gasteiger partial charge < -0.3 is 4.90 Å². The van der Waals surface area contributed by atoms with Gasteiger partial charge >= 0.3 is 0 Å². The van der Waals surface area contributed by atoms with Gasteiger partial charge in [0.15, 0.2) is 0 Å². The fourth-order valence-corrected chi connectivity index (χ4v) is 3.27. The van der Waals surface area contributed by atoms with Crippen molar-refractivity contribution in [2.75, 3.05) is 11.4 Å². The number of carbonyl (C=O) groups excluding carboxylic acids is 1. The summed E-state index contributed by atoms with van der Waals surface area (Å²) in [5.41, 5.74) is 1.00. The van der Waals surface area contributed by atoms with Gasteiger partial charge in [0.2, 0.25) is 5.91 Å². The lowest BCUT2D eigenvalue weighted by atomic mass is 10.1. The number of halogens is 2. The molecule has 2 nitrogen and oxygen atoms in total. The van der Waals surface area contributed by atoms with Crippen LogP contribution < -0.4 is 4.90 Å². The number of amides is 1. The van der Waals surface area contributed by atoms with E-state index in [4.69, 9.17) is 0 Å². The molecule has 1 heterocycles. The van der Waals surface area contributed by atoms with E-state index in [9.17, 15) is 4.79 Å². The van der Waals surface area contributed by atoms with Gasteiger partial charge in [-0.1, -0.05) is 0 Å². The van der Waals surface area contributed by atoms with E-state index in [1.807, 2.05) is 23.1 Å². The van der Waals surface area contributed by atoms with Crippen LogP contribution in [0.25, 0.3) is 0 Å². The first-order chi connectivity index (χ1) is 7.18. The van der Waals surface area contributed by atoms with E-state index in [1.54, 1.807) is 0 Å². The molecule has 1 aromatic carbocycles. The highest BCUT2D eigenvalue weighted by Crippen LogP contribution is 2.30. The Hall–Kier alpha value is -0.100. The van der Waals surface area contributed by atoms with Crippen LogP contribution in [0.1, 0.15) is 19.3 Å². The van der Waals surface area contributed by atoms with Crippen LogP contribution in [0.3, 0.4) is 0 Å². The third kappa shape index (κ3) is 2.53. The number of hydrogen-bond acceptors (Lipinski definition) is 1. The molecular formula is C11H11BrINO. The molecule has 0 aliphatic carbocycles. The first kappa shape index (κ1) is 11.4. The van der Waals surface area contributed by atoms with E-state index in [-0.39, 0.29) is 5.91 Å². The minimum absolute atomic E-state index is 0.239. The van der Waals surface area contributed by atoms with E-state index < -0.39 is 0 Å². The van der Waals surface area contributed by atoms with E-state index in [0.29, 0.717) is 6.42 Å². The second-order valence-electron chi connectivity index (χ2n) is 3.60. The van der Waals surface area contributed by atoms with Crippen molar-refractivity contribution in [3.8, 4) is 0 Å². The van der Waals surface area contributed by atoms with Crippen LogP contribution in [0.4, 0.5) is 5.69 Å². The maximum atomic E-state index is 11.7. The first-order valence-corrected chi connectivity index (χ1v) is 6.81. The van der Waals surface area contributed by atoms with Crippen molar-refractivity contribution in [3.05, 3.63) is 26.2 Å². The Labute approximate surface area is 111 Å². The molecule has 1 aliphatic rings. The highest BCUT2D eigenvalue weighted by atomic mass is 127. The normalized spacial score (nSPS) is 16.9. The fraction of sp³-hybridized carbons (Fsp3) is 0.364. The Morgan fingerprint density at radius 2 is 2.13 bits per heavy atom. The van der Waals surface area contributed by atoms with Gasteiger partial charge in [-0.15, -0.1) is 0 Å². The van der Waals surface area contributed by atoms with Crippen LogP contribution in [0.2, 0.25) is 0 Å². The second-order valence-corrected chi connectivity index (χ2v) is 5.70. The third-order valence-electron chi connectivity index (χ3n) is 2.52. The maximum absolute atomic E-state index is 11.7. The number of piperidine rings is 1. The molecule has 0 aromatic heterocycles. The Kier molecular flexibility index (Phi) is 3.66. The molecule has 1 aromatic rings. The lowest BCUT2D eigenvalue weighted by Gasteiger charge is -2.27. The number of hydrogen-bond donors (Lipinski definition) is 0. The van der Waals surface area contributed by atoms with Crippen LogP contribution in [0, 0.1) is 3.57 Å². The zero-order chi connectivity index (χ0) is 10.8. The Balaban J connectivity index is 2.31. The average molecular weight is 380 g/mol. The molecule has 4 heteroatoms. The van der Waals surface area contributed by atoms with E-state index in [2.05, 4.69) is 38.5 Å². The van der Waals surface area contributed by atoms with Gasteiger partial charge in [-0.25, -0.2) is 0 Å². The van der Waals surface area contributed by atoms with Crippen LogP contribution >= 0.6 is 38.5 Å². The topological polar surface area (TPSA) is 20.3 Å². The predicted molar refractivity (Wildman–Crippen MR) is 73.1 cm³/mol. The Morgan fingerprint density at radius 1 is 1.33 bits per heavy atom. The van der Waals surface area contributed by atoms with E-state index >= 15 is 0 Å². The van der Waals surface area contributed by atoms with Crippen molar-refractivity contribution >= 4 is 50.1 Å². The quantitative estimate of drug-likeness (QED) is 0.683. The van der Waals surface area contributed by atoms with Crippen molar-refractivity contribution in [1.29, 1.82) is 0 Å². The maximum Gasteiger partial charge on any atom is 0.227 e. The summed E-state index contributed by atoms with van der Waals surface area (Å²) in [4.78, 5) is 13.6. The predicted octanol–water partition coefficient (Wildman–Crippen LogP) is 3.57. The summed E-state index contributed by atoms with van der Waals surface area (Å²) in [6.07, 6.45) is 2.81. The summed E-state index contributed by atoms with van der Waals surface area (Å²) in [5.74, 6) is 0.239. The molecule has 0 saturated carbocycles. The standard InChI is InChI=1S/C11H11BrINO/c12-9-7-8(13)4-5-10(9)14-6-2-1-3-11(14)15/h4-5,7H,1-3,6H2. The molecule has 1 aliphatic heterocycles. The van der Waals surface area contributed by atoms with Crippen LogP contribution in [0.5, 0.6) is 0 Å². The number of nitrogens with zero attached hydrogens (tertiary/aromatic N) is 1. The average Bonchev–Trinajstić information content (AvgIpc) is 2.20. The van der Waals surface area contributed by atoms with Gasteiger partial charge in [-0.2, -0.15) is 0 Å². The minimum Gasteiger partial charge on any atom is -0.311 e. The number of rotatable bonds is 1. The van der Waals surface area contributed by atoms with Gasteiger partial charge in [0.1, 0.15) is 0 Å². The Morgan fingerprint density at radius 3 is 2.80 bits per heavy atom. The summed E-state index contributed by atoms with van der Waals surface area (Å²) < 4.78 is 2.18. The van der Waals surface area contributed by atoms with Gasteiger partial charge in [0, 0.05) is 21.0 Å². The van der Waals surface area contributed by atoms with E-state index in [0.717, 1.165) is 29.5 Å². The molecular weight excluding hydrogens is 369 g/mol. The van der Waals surface area contributed by atoms with Gasteiger partial charge in [-0.05, 0) is 69.6 Å². The summed E-state index contributed by atoms with van der Waals surface area (Å²) in [6.45, 7) is 0.845. The molecule has 0 N–H and O–H groups in total. The van der Waals surface area contributed by atoms with Crippen molar-refractivity contribution in [3.63, 3.8) is 0 Å². The van der Waals surface area contributed by atoms with Crippen molar-refractivity contribution in [1.82, 2.24) is 0 Å². The van der Waals surface area contributed by atoms with Gasteiger partial charge in [-0.3, -0.25) is 4.79 Å². The smallest absolute Gasteiger partial charge is 0.227 e. The summed E-state index contributed by atoms with van der Waals surface area (Å²) >= 11 is 5.78. The van der Waals surface area contributed by atoms with Crippen LogP contribution in [0.15, 0.2) is 22.7 Å². The molecule has 1 fully saturated rings. The first-order valence-electron chi connectivity index (χ1n) is 4.94. The molecule has 0 atom stereocenters. The SMILES string of the molecule is O=C1CCCCN1c1ccc(I)cc1Br. The Bertz CT molecular complexity index is 394. The molecule has 0 spiro atoms. The monoisotopic (exact) mass is 379 g/mol. The van der Waals surface area contributed by atoms with Crippen LogP contribution in [-0.4, -0.2) is 12.5 Å². The molecule has 15 heavy (non-hydrogen) atoms. The molecule has 2 rings (SSSR count). The fourth-order valence-electron chi connectivity index (χ4n) is 1.76. The number of carbonyl (C=O) groups is 1. The lowest BCUT2D eigenvalue weighted by molar-refractivity contribution is -0.119. The molecule has 80 valence electrons. The number of anilines is 1. The van der Waals surface area contributed by atoms with Crippen molar-refractivity contribution in [2.45, 2.75) is 19.3 Å². The van der Waals surface area contributed by atoms with E-state index in [1.165, 1.54) is 3.57 Å². The zero-order valence-corrected chi connectivity index (χ0v) is 11.9.